The predicted octanol–water partition coefficient (Wildman–Crippen LogP) is 3.36. The van der Waals surface area contributed by atoms with E-state index in [2.05, 4.69) is 63.8 Å². The van der Waals surface area contributed by atoms with Gasteiger partial charge in [0, 0.05) is 37.2 Å². The van der Waals surface area contributed by atoms with Crippen LogP contribution in [0.5, 0.6) is 0 Å². The molecule has 0 saturated carbocycles. The van der Waals surface area contributed by atoms with Gasteiger partial charge in [-0.05, 0) is 6.92 Å². The van der Waals surface area contributed by atoms with E-state index in [4.69, 9.17) is 0 Å². The Hall–Kier alpha value is 1.42. The first-order chi connectivity index (χ1) is 3.64. The molecule has 0 saturated heterocycles. The highest BCUT2D eigenvalue weighted by Crippen LogP contribution is 1.91. The zero-order valence-corrected chi connectivity index (χ0v) is 11.0. The number of allylic oxidation sites excluding steroid dienone is 1. The van der Waals surface area contributed by atoms with Crippen LogP contribution in [0.2, 0.25) is 13.1 Å². The Labute approximate surface area is 77.1 Å². The molecule has 0 bridgehead atoms. The lowest BCUT2D eigenvalue weighted by atomic mass is 10.8. The molecule has 0 nitrogen and oxygen atoms in total. The van der Waals surface area contributed by atoms with E-state index in [0.717, 1.165) is 0 Å². The minimum atomic E-state index is -0.438. The molecule has 0 aliphatic carbocycles. The highest BCUT2D eigenvalue weighted by atomic mass is 128. The lowest BCUT2D eigenvalue weighted by Gasteiger charge is -1.95. The van der Waals surface area contributed by atoms with Gasteiger partial charge in [-0.1, -0.05) is 18.3 Å². The first kappa shape index (κ1) is 12.1. The van der Waals surface area contributed by atoms with Gasteiger partial charge in [0.1, 0.15) is 0 Å². The fraction of sp³-hybridized carbons (Fsp3) is 0.600. The maximum atomic E-state index is 3.82. The Balaban J connectivity index is 0. The van der Waals surface area contributed by atoms with Gasteiger partial charge in [0.2, 0.25) is 0 Å². The summed E-state index contributed by atoms with van der Waals surface area (Å²) in [6.45, 7) is 10.5. The normalized spacial score (nSPS) is 7.75. The molecule has 50 valence electrons. The van der Waals surface area contributed by atoms with Gasteiger partial charge in [-0.25, -0.2) is 0 Å². The number of rotatable bonds is 1. The van der Waals surface area contributed by atoms with E-state index >= 15 is 0 Å². The Morgan fingerprint density at radius 3 is 1.50 bits per heavy atom. The maximum Gasteiger partial charge on any atom is 0.0584 e. The molecule has 0 fully saturated rings. The summed E-state index contributed by atoms with van der Waals surface area (Å²) < 4.78 is 0. The quantitative estimate of drug-likeness (QED) is 0.501. The van der Waals surface area contributed by atoms with E-state index in [1.807, 2.05) is 0 Å². The molecule has 0 aliphatic heterocycles. The van der Waals surface area contributed by atoms with Crippen molar-refractivity contribution < 1.29 is 0 Å². The van der Waals surface area contributed by atoms with E-state index in [-0.39, 0.29) is 0 Å². The average molecular weight is 354 g/mol. The van der Waals surface area contributed by atoms with Crippen LogP contribution >= 0.6 is 37.2 Å². The molecule has 0 atom stereocenters. The van der Waals surface area contributed by atoms with Gasteiger partial charge < -0.3 is 0 Å². The molecule has 0 amide bonds. The summed E-state index contributed by atoms with van der Waals surface area (Å²) in [5.74, 6) is 0. The lowest BCUT2D eigenvalue weighted by Crippen LogP contribution is -1.98. The minimum absolute atomic E-state index is 0.438. The van der Waals surface area contributed by atoms with Crippen molar-refractivity contribution in [3.63, 3.8) is 0 Å². The molecule has 0 aromatic heterocycles. The zero-order valence-electron chi connectivity index (χ0n) is 5.54. The molecule has 3 heteroatoms. The second-order valence-electron chi connectivity index (χ2n) is 2.00. The highest BCUT2D eigenvalue weighted by Gasteiger charge is 1.90. The van der Waals surface area contributed by atoms with E-state index in [0.29, 0.717) is 0 Å². The molecule has 0 aromatic carbocycles. The van der Waals surface area contributed by atoms with Gasteiger partial charge in [0.25, 0.3) is 0 Å². The molecule has 0 N–H and O–H groups in total. The summed E-state index contributed by atoms with van der Waals surface area (Å²) >= 11 is 4.24. The molecule has 0 aromatic rings. The van der Waals surface area contributed by atoms with Gasteiger partial charge in [0.05, 0.1) is 8.80 Å². The molecule has 0 spiro atoms. The van der Waals surface area contributed by atoms with Crippen LogP contribution in [0, 0.1) is 0 Å². The summed E-state index contributed by atoms with van der Waals surface area (Å²) in [7, 11) is -0.438. The van der Waals surface area contributed by atoms with Crippen LogP contribution in [0.25, 0.3) is 0 Å². The van der Waals surface area contributed by atoms with Crippen molar-refractivity contribution in [2.24, 2.45) is 0 Å². The van der Waals surface area contributed by atoms with E-state index in [9.17, 15) is 0 Å². The molecule has 0 radical (unpaired) electrons. The van der Waals surface area contributed by atoms with E-state index < -0.39 is 8.80 Å². The number of hydrogen-bond acceptors (Lipinski definition) is 0. The first-order valence-corrected chi connectivity index (χ1v) is 11.6. The molecule has 0 unspecified atom stereocenters. The summed E-state index contributed by atoms with van der Waals surface area (Å²) in [4.78, 5) is 0. The summed E-state index contributed by atoms with van der Waals surface area (Å²) in [6.07, 6.45) is 0. The van der Waals surface area contributed by atoms with Crippen molar-refractivity contribution in [2.75, 3.05) is 0 Å². The van der Waals surface area contributed by atoms with Crippen LogP contribution in [-0.4, -0.2) is 8.80 Å². The summed E-state index contributed by atoms with van der Waals surface area (Å²) in [5.41, 5.74) is 0. The van der Waals surface area contributed by atoms with Crippen LogP contribution in [0.1, 0.15) is 6.92 Å². The standard InChI is InChI=1S/C5H12Si.I2/c1-5(2)6(3)4;1-2/h6H,1H2,2-4H3;. The van der Waals surface area contributed by atoms with Crippen LogP contribution in [0.15, 0.2) is 11.8 Å². The molecule has 8 heavy (non-hydrogen) atoms. The van der Waals surface area contributed by atoms with Gasteiger partial charge in [-0.15, -0.1) is 6.58 Å². The molecule has 0 aliphatic rings. The largest absolute Gasteiger partial charge is 0.104 e. The molecule has 0 rings (SSSR count). The Morgan fingerprint density at radius 1 is 1.38 bits per heavy atom. The topological polar surface area (TPSA) is 0 Å². The molecule has 0 heterocycles. The first-order valence-electron chi connectivity index (χ1n) is 2.44. The van der Waals surface area contributed by atoms with Gasteiger partial charge in [-0.2, -0.15) is 0 Å². The second kappa shape index (κ2) is 8.42. The SMILES string of the molecule is C=C(C)[SiH](C)C.II. The van der Waals surface area contributed by atoms with Crippen LogP contribution in [-0.2, 0) is 0 Å². The third-order valence-electron chi connectivity index (χ3n) is 0.986. The van der Waals surface area contributed by atoms with Crippen molar-refractivity contribution in [3.8, 4) is 0 Å². The van der Waals surface area contributed by atoms with Crippen molar-refractivity contribution in [1.82, 2.24) is 0 Å². The zero-order chi connectivity index (χ0) is 7.15. The smallest absolute Gasteiger partial charge is 0.0584 e. The van der Waals surface area contributed by atoms with E-state index in [1.165, 1.54) is 5.20 Å². The second-order valence-corrected chi connectivity index (χ2v) is 5.30. The summed E-state index contributed by atoms with van der Waals surface area (Å²) in [6, 6.07) is 0. The van der Waals surface area contributed by atoms with Crippen molar-refractivity contribution >= 4 is 46.0 Å². The third-order valence-corrected chi connectivity index (χ3v) is 2.96. The van der Waals surface area contributed by atoms with Crippen molar-refractivity contribution in [1.29, 1.82) is 0 Å². The Kier molecular flexibility index (Phi) is 12.8. The fourth-order valence-corrected chi connectivity index (χ4v) is 0. The van der Waals surface area contributed by atoms with Crippen LogP contribution in [0.4, 0.5) is 0 Å². The molecular formula is C5H12I2Si. The molecular weight excluding hydrogens is 342 g/mol. The number of halogens is 2. The summed E-state index contributed by atoms with van der Waals surface area (Å²) in [5, 5.41) is 1.40. The van der Waals surface area contributed by atoms with Crippen LogP contribution in [0.3, 0.4) is 0 Å². The monoisotopic (exact) mass is 354 g/mol. The maximum absolute atomic E-state index is 3.82. The van der Waals surface area contributed by atoms with Gasteiger partial charge in [-0.3, -0.25) is 0 Å². The van der Waals surface area contributed by atoms with E-state index in [1.54, 1.807) is 0 Å². The highest BCUT2D eigenvalue weighted by molar-refractivity contribution is 15.0. The lowest BCUT2D eigenvalue weighted by molar-refractivity contribution is 1.64. The Bertz CT molecular complexity index is 61.4. The van der Waals surface area contributed by atoms with Crippen LogP contribution < -0.4 is 0 Å². The van der Waals surface area contributed by atoms with Gasteiger partial charge >= 0.3 is 0 Å². The van der Waals surface area contributed by atoms with Gasteiger partial charge in [0.15, 0.2) is 0 Å². The average Bonchev–Trinajstić information content (AvgIpc) is 1.72. The van der Waals surface area contributed by atoms with Crippen molar-refractivity contribution in [2.45, 2.75) is 20.0 Å². The number of hydrogen-bond donors (Lipinski definition) is 0. The fourth-order valence-electron chi connectivity index (χ4n) is 0. The predicted molar refractivity (Wildman–Crippen MR) is 61.7 cm³/mol. The third kappa shape index (κ3) is 10.4. The van der Waals surface area contributed by atoms with Crippen molar-refractivity contribution in [3.05, 3.63) is 11.8 Å². The Morgan fingerprint density at radius 2 is 1.50 bits per heavy atom. The minimum Gasteiger partial charge on any atom is -0.104 e.